The number of ether oxygens (including phenoxy) is 1. The lowest BCUT2D eigenvalue weighted by Gasteiger charge is -2.15. The molecular weight excluding hydrogens is 268 g/mol. The number of hydrogen-bond donors (Lipinski definition) is 3. The van der Waals surface area contributed by atoms with Gasteiger partial charge in [0.05, 0.1) is 11.8 Å². The third kappa shape index (κ3) is 3.21. The number of hydrazine groups is 1. The van der Waals surface area contributed by atoms with Crippen LogP contribution in [0.2, 0.25) is 0 Å². The first-order valence-electron chi connectivity index (χ1n) is 6.06. The van der Waals surface area contributed by atoms with Crippen LogP contribution in [-0.2, 0) is 14.8 Å². The molecule has 106 valence electrons. The van der Waals surface area contributed by atoms with Gasteiger partial charge in [0.15, 0.2) is 0 Å². The van der Waals surface area contributed by atoms with Gasteiger partial charge in [-0.3, -0.25) is 10.8 Å². The fourth-order valence-corrected chi connectivity index (χ4v) is 3.26. The van der Waals surface area contributed by atoms with Crippen molar-refractivity contribution in [2.75, 3.05) is 18.6 Å². The van der Waals surface area contributed by atoms with Gasteiger partial charge >= 0.3 is 0 Å². The highest BCUT2D eigenvalue weighted by molar-refractivity contribution is 7.89. The van der Waals surface area contributed by atoms with E-state index in [0.29, 0.717) is 18.8 Å². The van der Waals surface area contributed by atoms with Crippen LogP contribution in [0.25, 0.3) is 0 Å². The van der Waals surface area contributed by atoms with Crippen LogP contribution in [0.15, 0.2) is 23.4 Å². The molecule has 2 rings (SSSR count). The predicted molar refractivity (Wildman–Crippen MR) is 70.8 cm³/mol. The van der Waals surface area contributed by atoms with Crippen molar-refractivity contribution in [2.24, 2.45) is 11.8 Å². The maximum absolute atomic E-state index is 12.2. The summed E-state index contributed by atoms with van der Waals surface area (Å²) in [6.07, 6.45) is 3.68. The van der Waals surface area contributed by atoms with E-state index in [2.05, 4.69) is 15.1 Å². The Balaban J connectivity index is 2.09. The molecule has 0 saturated carbocycles. The molecule has 0 radical (unpaired) electrons. The highest BCUT2D eigenvalue weighted by atomic mass is 32.2. The molecule has 2 unspecified atom stereocenters. The molecule has 1 aliphatic rings. The minimum atomic E-state index is -3.62. The van der Waals surface area contributed by atoms with Crippen LogP contribution < -0.4 is 16.0 Å². The van der Waals surface area contributed by atoms with Crippen molar-refractivity contribution in [3.05, 3.63) is 18.5 Å². The topological polar surface area (TPSA) is 106 Å². The zero-order valence-electron chi connectivity index (χ0n) is 10.7. The smallest absolute Gasteiger partial charge is 0.244 e. The molecule has 1 aromatic heterocycles. The Labute approximate surface area is 112 Å². The SMILES string of the molecule is CC1OCCC1CNS(=O)(=O)c1cnccc1NN. The molecule has 0 aliphatic carbocycles. The molecule has 8 heteroatoms. The normalized spacial score (nSPS) is 23.5. The number of nitrogens with two attached hydrogens (primary N) is 1. The minimum absolute atomic E-state index is 0.0454. The number of rotatable bonds is 5. The Hall–Kier alpha value is -1.22. The van der Waals surface area contributed by atoms with Gasteiger partial charge < -0.3 is 10.2 Å². The van der Waals surface area contributed by atoms with E-state index in [4.69, 9.17) is 10.6 Å². The number of hydrogen-bond acceptors (Lipinski definition) is 6. The first-order valence-corrected chi connectivity index (χ1v) is 7.55. The largest absolute Gasteiger partial charge is 0.378 e. The first kappa shape index (κ1) is 14.2. The number of nitrogens with zero attached hydrogens (tertiary/aromatic N) is 1. The molecule has 0 aromatic carbocycles. The Morgan fingerprint density at radius 1 is 1.58 bits per heavy atom. The molecule has 2 atom stereocenters. The monoisotopic (exact) mass is 286 g/mol. The molecule has 2 heterocycles. The Morgan fingerprint density at radius 2 is 2.37 bits per heavy atom. The third-order valence-corrected chi connectivity index (χ3v) is 4.75. The summed E-state index contributed by atoms with van der Waals surface area (Å²) in [6, 6.07) is 1.51. The van der Waals surface area contributed by atoms with Gasteiger partial charge in [-0.15, -0.1) is 0 Å². The molecule has 19 heavy (non-hydrogen) atoms. The van der Waals surface area contributed by atoms with Crippen molar-refractivity contribution >= 4 is 15.7 Å². The van der Waals surface area contributed by atoms with E-state index in [1.807, 2.05) is 6.92 Å². The maximum Gasteiger partial charge on any atom is 0.244 e. The van der Waals surface area contributed by atoms with Crippen molar-refractivity contribution in [1.29, 1.82) is 0 Å². The van der Waals surface area contributed by atoms with Crippen molar-refractivity contribution in [2.45, 2.75) is 24.3 Å². The molecule has 0 spiro atoms. The number of nitrogen functional groups attached to an aromatic ring is 1. The van der Waals surface area contributed by atoms with Crippen molar-refractivity contribution in [1.82, 2.24) is 9.71 Å². The molecule has 0 amide bonds. The maximum atomic E-state index is 12.2. The van der Waals surface area contributed by atoms with Crippen molar-refractivity contribution in [3.63, 3.8) is 0 Å². The number of aromatic nitrogens is 1. The Bertz CT molecular complexity index is 534. The third-order valence-electron chi connectivity index (χ3n) is 3.30. The van der Waals surface area contributed by atoms with Crippen molar-refractivity contribution in [3.8, 4) is 0 Å². The molecule has 4 N–H and O–H groups in total. The standard InChI is InChI=1S/C11H18N4O3S/c1-8-9(3-5-18-8)6-14-19(16,17)11-7-13-4-2-10(11)15-12/h2,4,7-9,14H,3,5-6,12H2,1H3,(H,13,15). The lowest BCUT2D eigenvalue weighted by Crippen LogP contribution is -2.32. The number of sulfonamides is 1. The van der Waals surface area contributed by atoms with Crippen LogP contribution in [-0.4, -0.2) is 32.7 Å². The van der Waals surface area contributed by atoms with Crippen LogP contribution in [0.5, 0.6) is 0 Å². The zero-order chi connectivity index (χ0) is 13.9. The number of nitrogens with one attached hydrogen (secondary N) is 2. The first-order chi connectivity index (χ1) is 9.04. The van der Waals surface area contributed by atoms with Crippen LogP contribution in [0.4, 0.5) is 5.69 Å². The Morgan fingerprint density at radius 3 is 3.00 bits per heavy atom. The second kappa shape index (κ2) is 5.83. The fraction of sp³-hybridized carbons (Fsp3) is 0.545. The molecule has 1 fully saturated rings. The summed E-state index contributed by atoms with van der Waals surface area (Å²) in [6.45, 7) is 2.97. The lowest BCUT2D eigenvalue weighted by atomic mass is 10.0. The summed E-state index contributed by atoms with van der Waals surface area (Å²) in [7, 11) is -3.62. The predicted octanol–water partition coefficient (Wildman–Crippen LogP) is 0.0705. The summed E-state index contributed by atoms with van der Waals surface area (Å²) in [5, 5.41) is 0. The van der Waals surface area contributed by atoms with Crippen LogP contribution in [0, 0.1) is 5.92 Å². The van der Waals surface area contributed by atoms with E-state index in [1.165, 1.54) is 18.5 Å². The molecule has 1 aliphatic heterocycles. The van der Waals surface area contributed by atoms with Crippen molar-refractivity contribution < 1.29 is 13.2 Å². The van der Waals surface area contributed by atoms with Crippen LogP contribution >= 0.6 is 0 Å². The molecule has 1 saturated heterocycles. The van der Waals surface area contributed by atoms with E-state index in [1.54, 1.807) is 0 Å². The summed E-state index contributed by atoms with van der Waals surface area (Å²) < 4.78 is 32.4. The van der Waals surface area contributed by atoms with Crippen LogP contribution in [0.1, 0.15) is 13.3 Å². The van der Waals surface area contributed by atoms with Gasteiger partial charge in [-0.05, 0) is 19.4 Å². The van der Waals surface area contributed by atoms with Crippen LogP contribution in [0.3, 0.4) is 0 Å². The average molecular weight is 286 g/mol. The second-order valence-corrected chi connectivity index (χ2v) is 6.23. The molecule has 1 aromatic rings. The second-order valence-electron chi connectivity index (χ2n) is 4.49. The summed E-state index contributed by atoms with van der Waals surface area (Å²) in [5.41, 5.74) is 2.67. The van der Waals surface area contributed by atoms with Gasteiger partial charge in [-0.25, -0.2) is 13.1 Å². The van der Waals surface area contributed by atoms with E-state index in [9.17, 15) is 8.42 Å². The highest BCUT2D eigenvalue weighted by Crippen LogP contribution is 2.22. The molecule has 7 nitrogen and oxygen atoms in total. The quantitative estimate of drug-likeness (QED) is 0.522. The molecular formula is C11H18N4O3S. The van der Waals surface area contributed by atoms with Gasteiger partial charge in [0.1, 0.15) is 4.90 Å². The summed E-state index contributed by atoms with van der Waals surface area (Å²) in [5.74, 6) is 5.49. The number of pyridine rings is 1. The van der Waals surface area contributed by atoms with E-state index < -0.39 is 10.0 Å². The van der Waals surface area contributed by atoms with Gasteiger partial charge in [-0.2, -0.15) is 0 Å². The van der Waals surface area contributed by atoms with Gasteiger partial charge in [0.2, 0.25) is 10.0 Å². The van der Waals surface area contributed by atoms with Gasteiger partial charge in [-0.1, -0.05) is 0 Å². The van der Waals surface area contributed by atoms with E-state index >= 15 is 0 Å². The summed E-state index contributed by atoms with van der Waals surface area (Å²) in [4.78, 5) is 3.86. The van der Waals surface area contributed by atoms with E-state index in [-0.39, 0.29) is 16.9 Å². The van der Waals surface area contributed by atoms with E-state index in [0.717, 1.165) is 6.42 Å². The Kier molecular flexibility index (Phi) is 4.35. The van der Waals surface area contributed by atoms with Gasteiger partial charge in [0.25, 0.3) is 0 Å². The highest BCUT2D eigenvalue weighted by Gasteiger charge is 2.27. The summed E-state index contributed by atoms with van der Waals surface area (Å²) >= 11 is 0. The fourth-order valence-electron chi connectivity index (χ4n) is 2.05. The van der Waals surface area contributed by atoms with Gasteiger partial charge in [0, 0.05) is 31.5 Å². The minimum Gasteiger partial charge on any atom is -0.378 e. The zero-order valence-corrected chi connectivity index (χ0v) is 11.5. The average Bonchev–Trinajstić information content (AvgIpc) is 2.82. The number of anilines is 1. The molecule has 0 bridgehead atoms. The lowest BCUT2D eigenvalue weighted by molar-refractivity contribution is 0.107.